The van der Waals surface area contributed by atoms with E-state index >= 15 is 0 Å². The molecule has 1 amide bonds. The van der Waals surface area contributed by atoms with E-state index in [2.05, 4.69) is 5.32 Å². The van der Waals surface area contributed by atoms with Crippen LogP contribution in [0.5, 0.6) is 0 Å². The third kappa shape index (κ3) is 2.87. The van der Waals surface area contributed by atoms with Gasteiger partial charge in [0.1, 0.15) is 5.69 Å². The van der Waals surface area contributed by atoms with E-state index in [1.54, 1.807) is 19.3 Å². The molecule has 1 aromatic rings. The first-order valence-corrected chi connectivity index (χ1v) is 6.71. The zero-order valence-electron chi connectivity index (χ0n) is 11.5. The Hall–Kier alpha value is -1.62. The van der Waals surface area contributed by atoms with Crippen molar-refractivity contribution in [3.05, 3.63) is 28.2 Å². The van der Waals surface area contributed by atoms with Crippen LogP contribution < -0.4 is 16.6 Å². The molecule has 0 radical (unpaired) electrons. The van der Waals surface area contributed by atoms with Gasteiger partial charge in [-0.1, -0.05) is 6.42 Å². The molecule has 0 unspecified atom stereocenters. The van der Waals surface area contributed by atoms with Crippen LogP contribution in [-0.4, -0.2) is 17.0 Å². The highest BCUT2D eigenvalue weighted by Crippen LogP contribution is 2.31. The molecule has 1 aliphatic carbocycles. The van der Waals surface area contributed by atoms with Crippen LogP contribution in [0.2, 0.25) is 0 Å². The standard InChI is InChI=1S/C14H21N3O2/c1-9-6-12(14(19)17(2)8-9)16-13(18)11-5-3-4-10(11)7-15/h6,8,10-11H,3-5,7,15H2,1-2H3,(H,16,18)/t10-,11-/m1/s1. The molecule has 104 valence electrons. The topological polar surface area (TPSA) is 77.1 Å². The second-order valence-electron chi connectivity index (χ2n) is 5.37. The van der Waals surface area contributed by atoms with Crippen LogP contribution in [-0.2, 0) is 11.8 Å². The number of pyridine rings is 1. The van der Waals surface area contributed by atoms with Gasteiger partial charge >= 0.3 is 0 Å². The van der Waals surface area contributed by atoms with E-state index in [-0.39, 0.29) is 23.3 Å². The van der Waals surface area contributed by atoms with Gasteiger partial charge in [-0.05, 0) is 43.9 Å². The fraction of sp³-hybridized carbons (Fsp3) is 0.571. The lowest BCUT2D eigenvalue weighted by Crippen LogP contribution is -2.32. The van der Waals surface area contributed by atoms with Crippen LogP contribution in [0.3, 0.4) is 0 Å². The van der Waals surface area contributed by atoms with E-state index in [0.29, 0.717) is 12.2 Å². The summed E-state index contributed by atoms with van der Waals surface area (Å²) in [7, 11) is 1.68. The SMILES string of the molecule is Cc1cc(NC(=O)[C@@H]2CCC[C@@H]2CN)c(=O)n(C)c1. The van der Waals surface area contributed by atoms with Crippen LogP contribution in [0.15, 0.2) is 17.1 Å². The summed E-state index contributed by atoms with van der Waals surface area (Å²) in [5.74, 6) is 0.111. The summed E-state index contributed by atoms with van der Waals surface area (Å²) in [6.45, 7) is 2.43. The zero-order chi connectivity index (χ0) is 14.0. The third-order valence-corrected chi connectivity index (χ3v) is 3.88. The number of carbonyl (C=O) groups is 1. The normalized spacial score (nSPS) is 22.5. The average molecular weight is 263 g/mol. The largest absolute Gasteiger partial charge is 0.330 e. The van der Waals surface area contributed by atoms with Crippen molar-refractivity contribution in [3.8, 4) is 0 Å². The van der Waals surface area contributed by atoms with Crippen molar-refractivity contribution in [1.29, 1.82) is 0 Å². The number of hydrogen-bond donors (Lipinski definition) is 2. The Kier molecular flexibility index (Phi) is 4.04. The van der Waals surface area contributed by atoms with E-state index in [1.165, 1.54) is 4.57 Å². The van der Waals surface area contributed by atoms with Crippen LogP contribution >= 0.6 is 0 Å². The second kappa shape index (κ2) is 5.57. The van der Waals surface area contributed by atoms with E-state index in [0.717, 1.165) is 24.8 Å². The van der Waals surface area contributed by atoms with E-state index in [9.17, 15) is 9.59 Å². The molecule has 0 saturated heterocycles. The molecule has 0 aliphatic heterocycles. The van der Waals surface area contributed by atoms with Crippen molar-refractivity contribution in [3.63, 3.8) is 0 Å². The number of hydrogen-bond acceptors (Lipinski definition) is 3. The quantitative estimate of drug-likeness (QED) is 0.854. The van der Waals surface area contributed by atoms with Gasteiger partial charge in [0, 0.05) is 19.2 Å². The number of anilines is 1. The summed E-state index contributed by atoms with van der Waals surface area (Å²) in [6.07, 6.45) is 4.64. The highest BCUT2D eigenvalue weighted by Gasteiger charge is 2.32. The second-order valence-corrected chi connectivity index (χ2v) is 5.37. The van der Waals surface area contributed by atoms with Gasteiger partial charge < -0.3 is 15.6 Å². The van der Waals surface area contributed by atoms with Crippen LogP contribution in [0.1, 0.15) is 24.8 Å². The minimum Gasteiger partial charge on any atom is -0.330 e. The van der Waals surface area contributed by atoms with Crippen LogP contribution in [0.25, 0.3) is 0 Å². The number of rotatable bonds is 3. The van der Waals surface area contributed by atoms with Crippen LogP contribution in [0.4, 0.5) is 5.69 Å². The lowest BCUT2D eigenvalue weighted by molar-refractivity contribution is -0.120. The van der Waals surface area contributed by atoms with E-state index in [4.69, 9.17) is 5.73 Å². The van der Waals surface area contributed by atoms with Gasteiger partial charge in [-0.3, -0.25) is 9.59 Å². The molecule has 5 heteroatoms. The molecule has 3 N–H and O–H groups in total. The van der Waals surface area contributed by atoms with Crippen molar-refractivity contribution in [2.24, 2.45) is 24.6 Å². The molecule has 2 atom stereocenters. The first-order chi connectivity index (χ1) is 9.02. The fourth-order valence-corrected chi connectivity index (χ4v) is 2.86. The molecule has 1 heterocycles. The van der Waals surface area contributed by atoms with Crippen molar-refractivity contribution in [2.45, 2.75) is 26.2 Å². The molecule has 5 nitrogen and oxygen atoms in total. The number of amides is 1. The van der Waals surface area contributed by atoms with Crippen molar-refractivity contribution < 1.29 is 4.79 Å². The molecule has 1 aliphatic rings. The Morgan fingerprint density at radius 1 is 1.53 bits per heavy atom. The number of carbonyl (C=O) groups excluding carboxylic acids is 1. The lowest BCUT2D eigenvalue weighted by Gasteiger charge is -2.17. The molecular formula is C14H21N3O2. The summed E-state index contributed by atoms with van der Waals surface area (Å²) in [6, 6.07) is 1.71. The molecule has 1 aromatic heterocycles. The Morgan fingerprint density at radius 2 is 2.26 bits per heavy atom. The minimum absolute atomic E-state index is 0.0600. The fourth-order valence-electron chi connectivity index (χ4n) is 2.86. The maximum absolute atomic E-state index is 12.2. The number of nitrogens with two attached hydrogens (primary N) is 1. The summed E-state index contributed by atoms with van der Waals surface area (Å²) < 4.78 is 1.49. The molecule has 2 rings (SSSR count). The Bertz CT molecular complexity index is 536. The van der Waals surface area contributed by atoms with Gasteiger partial charge in [0.25, 0.3) is 5.56 Å². The number of aromatic nitrogens is 1. The lowest BCUT2D eigenvalue weighted by atomic mass is 9.95. The Balaban J connectivity index is 2.17. The van der Waals surface area contributed by atoms with Gasteiger partial charge in [-0.15, -0.1) is 0 Å². The smallest absolute Gasteiger partial charge is 0.274 e. The van der Waals surface area contributed by atoms with E-state index < -0.39 is 0 Å². The van der Waals surface area contributed by atoms with Gasteiger partial charge in [-0.25, -0.2) is 0 Å². The highest BCUT2D eigenvalue weighted by molar-refractivity contribution is 5.92. The minimum atomic E-state index is -0.179. The number of aryl methyl sites for hydroxylation is 2. The molecule has 0 aromatic carbocycles. The van der Waals surface area contributed by atoms with Gasteiger partial charge in [0.15, 0.2) is 0 Å². The Labute approximate surface area is 112 Å². The molecular weight excluding hydrogens is 242 g/mol. The summed E-state index contributed by atoms with van der Waals surface area (Å²) >= 11 is 0. The molecule has 1 saturated carbocycles. The highest BCUT2D eigenvalue weighted by atomic mass is 16.2. The van der Waals surface area contributed by atoms with Gasteiger partial charge in [0.2, 0.25) is 5.91 Å². The van der Waals surface area contributed by atoms with E-state index in [1.807, 2.05) is 6.92 Å². The molecule has 19 heavy (non-hydrogen) atoms. The monoisotopic (exact) mass is 263 g/mol. The maximum Gasteiger partial charge on any atom is 0.274 e. The van der Waals surface area contributed by atoms with Crippen molar-refractivity contribution in [1.82, 2.24) is 4.57 Å². The van der Waals surface area contributed by atoms with Crippen LogP contribution in [0, 0.1) is 18.8 Å². The van der Waals surface area contributed by atoms with Gasteiger partial charge in [0.05, 0.1) is 0 Å². The Morgan fingerprint density at radius 3 is 2.95 bits per heavy atom. The molecule has 0 spiro atoms. The molecule has 0 bridgehead atoms. The first-order valence-electron chi connectivity index (χ1n) is 6.71. The molecule has 1 fully saturated rings. The average Bonchev–Trinajstić information content (AvgIpc) is 2.83. The summed E-state index contributed by atoms with van der Waals surface area (Å²) in [4.78, 5) is 24.2. The maximum atomic E-state index is 12.2. The van der Waals surface area contributed by atoms with Crippen molar-refractivity contribution in [2.75, 3.05) is 11.9 Å². The zero-order valence-corrected chi connectivity index (χ0v) is 11.5. The first kappa shape index (κ1) is 13.8. The summed E-state index contributed by atoms with van der Waals surface area (Å²) in [5, 5.41) is 2.77. The predicted octanol–water partition coefficient (Wildman–Crippen LogP) is 1.01. The summed E-state index contributed by atoms with van der Waals surface area (Å²) in [5.41, 5.74) is 6.81. The number of nitrogens with zero attached hydrogens (tertiary/aromatic N) is 1. The predicted molar refractivity (Wildman–Crippen MR) is 74.9 cm³/mol. The third-order valence-electron chi connectivity index (χ3n) is 3.88. The van der Waals surface area contributed by atoms with Gasteiger partial charge in [-0.2, -0.15) is 0 Å². The number of nitrogens with one attached hydrogen (secondary N) is 1. The van der Waals surface area contributed by atoms with Crippen molar-refractivity contribution >= 4 is 11.6 Å².